The zero-order valence-electron chi connectivity index (χ0n) is 26.2. The summed E-state index contributed by atoms with van der Waals surface area (Å²) in [7, 11) is -2.85. The predicted molar refractivity (Wildman–Crippen MR) is 188 cm³/mol. The average Bonchev–Trinajstić information content (AvgIpc) is 3.06. The van der Waals surface area contributed by atoms with Gasteiger partial charge in [0.15, 0.2) is 0 Å². The minimum absolute atomic E-state index is 0.0675. The lowest BCUT2D eigenvalue weighted by Gasteiger charge is -2.34. The van der Waals surface area contributed by atoms with E-state index in [1.54, 1.807) is 36.4 Å². The molecule has 4 aromatic rings. The van der Waals surface area contributed by atoms with Crippen LogP contribution < -0.4 is 14.4 Å². The van der Waals surface area contributed by atoms with Gasteiger partial charge in [0.2, 0.25) is 11.8 Å². The maximum atomic E-state index is 14.6. The van der Waals surface area contributed by atoms with E-state index in [1.165, 1.54) is 42.3 Å². The second kappa shape index (κ2) is 16.4. The largest absolute Gasteiger partial charge is 0.497 e. The normalized spacial score (nSPS) is 12.6. The number of nitrogens with one attached hydrogen (secondary N) is 1. The minimum Gasteiger partial charge on any atom is -0.497 e. The summed E-state index contributed by atoms with van der Waals surface area (Å²) in [4.78, 5) is 29.9. The van der Waals surface area contributed by atoms with Gasteiger partial charge in [-0.25, -0.2) is 8.42 Å². The van der Waals surface area contributed by atoms with E-state index in [0.717, 1.165) is 9.87 Å². The lowest BCUT2D eigenvalue weighted by atomic mass is 10.0. The molecule has 0 aliphatic carbocycles. The lowest BCUT2D eigenvalue weighted by Crippen LogP contribution is -2.54. The Kier molecular flexibility index (Phi) is 12.6. The first-order valence-corrected chi connectivity index (χ1v) is 17.5. The molecule has 2 amide bonds. The number of ether oxygens (including phenoxy) is 1. The van der Waals surface area contributed by atoms with E-state index >= 15 is 0 Å². The van der Waals surface area contributed by atoms with Crippen molar-refractivity contribution in [3.8, 4) is 5.75 Å². The molecule has 0 aliphatic heterocycles. The van der Waals surface area contributed by atoms with Gasteiger partial charge in [0.1, 0.15) is 18.3 Å². The number of amides is 2. The van der Waals surface area contributed by atoms with Gasteiger partial charge in [0, 0.05) is 39.6 Å². The minimum atomic E-state index is -4.32. The van der Waals surface area contributed by atoms with Crippen LogP contribution in [0.15, 0.2) is 102 Å². The molecule has 8 nitrogen and oxygen atoms in total. The molecule has 0 aliphatic rings. The van der Waals surface area contributed by atoms with E-state index in [9.17, 15) is 18.0 Å². The molecule has 0 spiro atoms. The second-order valence-corrected chi connectivity index (χ2v) is 14.0. The summed E-state index contributed by atoms with van der Waals surface area (Å²) in [6.07, 6.45) is 0.816. The smallest absolute Gasteiger partial charge is 0.264 e. The summed E-state index contributed by atoms with van der Waals surface area (Å²) in [5, 5.41) is 3.88. The first kappa shape index (κ1) is 36.1. The first-order chi connectivity index (χ1) is 22.4. The van der Waals surface area contributed by atoms with Gasteiger partial charge in [-0.15, -0.1) is 0 Å². The molecule has 4 aromatic carbocycles. The number of carbonyl (C=O) groups excluding carboxylic acids is 2. The Morgan fingerprint density at radius 3 is 2.11 bits per heavy atom. The number of nitrogens with zero attached hydrogens (tertiary/aromatic N) is 2. The van der Waals surface area contributed by atoms with Crippen LogP contribution in [-0.4, -0.2) is 50.9 Å². The zero-order chi connectivity index (χ0) is 34.1. The SMILES string of the molecule is CCC(C)NC(=O)C(Cc1ccccc1)N(Cc1c(Cl)cccc1Cl)C(=O)CN(c1cccc(Cl)c1)S(=O)(=O)c1ccc(OC)cc1. The fourth-order valence-corrected chi connectivity index (χ4v) is 6.99. The Hall–Kier alpha value is -3.76. The van der Waals surface area contributed by atoms with E-state index in [2.05, 4.69) is 5.32 Å². The number of carbonyl (C=O) groups is 2. The predicted octanol–water partition coefficient (Wildman–Crippen LogP) is 7.41. The standard InChI is InChI=1S/C35H36Cl3N3O5S/c1-4-24(2)39-35(43)33(20-25-10-6-5-7-11-25)40(22-30-31(37)14-9-15-32(30)38)34(42)23-41(27-13-8-12-26(36)21-27)47(44,45)29-18-16-28(46-3)17-19-29/h5-19,21,24,33H,4,20,22-23H2,1-3H3,(H,39,43). The first-order valence-electron chi connectivity index (χ1n) is 14.9. The van der Waals surface area contributed by atoms with Crippen molar-refractivity contribution in [1.29, 1.82) is 0 Å². The molecule has 0 bridgehead atoms. The van der Waals surface area contributed by atoms with Crippen LogP contribution in [0.25, 0.3) is 0 Å². The van der Waals surface area contributed by atoms with Crippen LogP contribution in [0.3, 0.4) is 0 Å². The molecule has 0 fully saturated rings. The van der Waals surface area contributed by atoms with Gasteiger partial charge in [-0.05, 0) is 73.5 Å². The Labute approximate surface area is 291 Å². The molecule has 0 saturated carbocycles. The van der Waals surface area contributed by atoms with Crippen molar-refractivity contribution in [3.05, 3.63) is 123 Å². The molecule has 0 aromatic heterocycles. The molecule has 4 rings (SSSR count). The molecule has 2 atom stereocenters. The molecule has 248 valence electrons. The fraction of sp³-hybridized carbons (Fsp3) is 0.257. The van der Waals surface area contributed by atoms with Gasteiger partial charge in [-0.1, -0.05) is 84.2 Å². The number of halogens is 3. The van der Waals surface area contributed by atoms with Crippen molar-refractivity contribution >= 4 is 62.3 Å². The molecule has 12 heteroatoms. The maximum Gasteiger partial charge on any atom is 0.264 e. The molecular weight excluding hydrogens is 681 g/mol. The van der Waals surface area contributed by atoms with E-state index in [4.69, 9.17) is 39.5 Å². The number of methoxy groups -OCH3 is 1. The highest BCUT2D eigenvalue weighted by Gasteiger charge is 2.35. The van der Waals surface area contributed by atoms with Crippen LogP contribution in [0, 0.1) is 0 Å². The molecule has 0 radical (unpaired) electrons. The molecule has 47 heavy (non-hydrogen) atoms. The number of rotatable bonds is 14. The summed E-state index contributed by atoms with van der Waals surface area (Å²) in [5.74, 6) is -0.585. The van der Waals surface area contributed by atoms with Gasteiger partial charge < -0.3 is 15.0 Å². The Morgan fingerprint density at radius 2 is 1.51 bits per heavy atom. The topological polar surface area (TPSA) is 96.0 Å². The molecule has 0 heterocycles. The van der Waals surface area contributed by atoms with Crippen molar-refractivity contribution in [2.45, 2.75) is 50.2 Å². The average molecular weight is 717 g/mol. The molecule has 0 saturated heterocycles. The Morgan fingerprint density at radius 1 is 0.872 bits per heavy atom. The number of hydrogen-bond acceptors (Lipinski definition) is 5. The van der Waals surface area contributed by atoms with Gasteiger partial charge in [-0.2, -0.15) is 0 Å². The number of sulfonamides is 1. The number of anilines is 1. The van der Waals surface area contributed by atoms with Crippen LogP contribution >= 0.6 is 34.8 Å². The summed E-state index contributed by atoms with van der Waals surface area (Å²) < 4.78 is 34.6. The lowest BCUT2D eigenvalue weighted by molar-refractivity contribution is -0.140. The van der Waals surface area contributed by atoms with Crippen molar-refractivity contribution in [3.63, 3.8) is 0 Å². The summed E-state index contributed by atoms with van der Waals surface area (Å²) >= 11 is 19.4. The van der Waals surface area contributed by atoms with Crippen LogP contribution in [0.4, 0.5) is 5.69 Å². The summed E-state index contributed by atoms with van der Waals surface area (Å²) in [6.45, 7) is 3.00. The Balaban J connectivity index is 1.84. The highest BCUT2D eigenvalue weighted by atomic mass is 35.5. The summed E-state index contributed by atoms with van der Waals surface area (Å²) in [6, 6.07) is 25.1. The monoisotopic (exact) mass is 715 g/mol. The fourth-order valence-electron chi connectivity index (χ4n) is 4.88. The van der Waals surface area contributed by atoms with Crippen molar-refractivity contribution in [1.82, 2.24) is 10.2 Å². The van der Waals surface area contributed by atoms with Crippen LogP contribution in [0.1, 0.15) is 31.4 Å². The zero-order valence-corrected chi connectivity index (χ0v) is 29.3. The van der Waals surface area contributed by atoms with Crippen LogP contribution in [0.5, 0.6) is 5.75 Å². The van der Waals surface area contributed by atoms with Gasteiger partial charge >= 0.3 is 0 Å². The Bertz CT molecular complexity index is 1770. The molecule has 2 unspecified atom stereocenters. The summed E-state index contributed by atoms with van der Waals surface area (Å²) in [5.41, 5.74) is 1.39. The van der Waals surface area contributed by atoms with Crippen molar-refractivity contribution in [2.75, 3.05) is 18.0 Å². The van der Waals surface area contributed by atoms with Gasteiger partial charge in [0.25, 0.3) is 10.0 Å². The van der Waals surface area contributed by atoms with Crippen molar-refractivity contribution < 1.29 is 22.7 Å². The second-order valence-electron chi connectivity index (χ2n) is 10.9. The van der Waals surface area contributed by atoms with Gasteiger partial charge in [-0.3, -0.25) is 13.9 Å². The van der Waals surface area contributed by atoms with Gasteiger partial charge in [0.05, 0.1) is 17.7 Å². The highest BCUT2D eigenvalue weighted by molar-refractivity contribution is 7.92. The van der Waals surface area contributed by atoms with Crippen molar-refractivity contribution in [2.24, 2.45) is 0 Å². The van der Waals surface area contributed by atoms with E-state index < -0.39 is 34.4 Å². The van der Waals surface area contributed by atoms with Crippen LogP contribution in [0.2, 0.25) is 15.1 Å². The quantitative estimate of drug-likeness (QED) is 0.147. The van der Waals surface area contributed by atoms with E-state index in [-0.39, 0.29) is 34.6 Å². The third-order valence-corrected chi connectivity index (χ3v) is 10.4. The molecular formula is C35H36Cl3N3O5S. The van der Waals surface area contributed by atoms with Crippen LogP contribution in [-0.2, 0) is 32.6 Å². The maximum absolute atomic E-state index is 14.6. The van der Waals surface area contributed by atoms with E-state index in [1.807, 2.05) is 44.2 Å². The third-order valence-electron chi connectivity index (χ3n) is 7.68. The molecule has 1 N–H and O–H groups in total. The highest BCUT2D eigenvalue weighted by Crippen LogP contribution is 2.30. The van der Waals surface area contributed by atoms with E-state index in [0.29, 0.717) is 27.8 Å². The number of benzene rings is 4. The number of hydrogen-bond donors (Lipinski definition) is 1. The third kappa shape index (κ3) is 9.20.